The lowest BCUT2D eigenvalue weighted by Gasteiger charge is -2.12. The van der Waals surface area contributed by atoms with Gasteiger partial charge in [-0.05, 0) is 60.0 Å². The molecule has 32 heavy (non-hydrogen) atoms. The summed E-state index contributed by atoms with van der Waals surface area (Å²) in [7, 11) is 0. The maximum absolute atomic E-state index is 12.6. The number of anilines is 1. The molecule has 162 valence electrons. The summed E-state index contributed by atoms with van der Waals surface area (Å²) < 4.78 is 6.86. The molecule has 0 aliphatic heterocycles. The maximum Gasteiger partial charge on any atom is 0.266 e. The van der Waals surface area contributed by atoms with Gasteiger partial charge >= 0.3 is 0 Å². The summed E-state index contributed by atoms with van der Waals surface area (Å²) in [6, 6.07) is 20.3. The van der Waals surface area contributed by atoms with Crippen LogP contribution in [0.2, 0.25) is 10.0 Å². The fraction of sp³-hybridized carbons (Fsp3) is 0.120. The third-order valence-electron chi connectivity index (χ3n) is 4.58. The molecular formula is C25H19BrCl2N2O2. The van der Waals surface area contributed by atoms with Crippen LogP contribution < -0.4 is 10.1 Å². The Morgan fingerprint density at radius 1 is 1.09 bits per heavy atom. The Morgan fingerprint density at radius 2 is 1.88 bits per heavy atom. The van der Waals surface area contributed by atoms with E-state index in [2.05, 4.69) is 27.3 Å². The second kappa shape index (κ2) is 11.2. The highest BCUT2D eigenvalue weighted by atomic mass is 79.9. The van der Waals surface area contributed by atoms with E-state index in [1.807, 2.05) is 49.4 Å². The SMILES string of the molecule is CCOc1cc(/C=C(\C#N)C(=O)Nc2ccc(Cl)c(Cl)c2)ccc1Cc1ccccc1Br. The van der Waals surface area contributed by atoms with Crippen LogP contribution in [0.1, 0.15) is 23.6 Å². The average Bonchev–Trinajstić information content (AvgIpc) is 2.77. The Bertz CT molecular complexity index is 1220. The standard InChI is InChI=1S/C25H19BrCl2N2O2/c1-2-32-24-12-16(7-8-18(24)13-17-5-3-4-6-21(17)26)11-19(15-29)25(31)30-20-9-10-22(27)23(28)14-20/h3-12,14H,2,13H2,1H3,(H,30,31)/b19-11+. The van der Waals surface area contributed by atoms with Crippen molar-refractivity contribution in [2.75, 3.05) is 11.9 Å². The third-order valence-corrected chi connectivity index (χ3v) is 6.10. The highest BCUT2D eigenvalue weighted by molar-refractivity contribution is 9.10. The van der Waals surface area contributed by atoms with Crippen molar-refractivity contribution >= 4 is 56.8 Å². The van der Waals surface area contributed by atoms with Crippen molar-refractivity contribution in [2.45, 2.75) is 13.3 Å². The van der Waals surface area contributed by atoms with Gasteiger partial charge in [-0.15, -0.1) is 0 Å². The molecule has 0 aliphatic carbocycles. The number of halogens is 3. The number of benzene rings is 3. The van der Waals surface area contributed by atoms with Crippen molar-refractivity contribution in [3.05, 3.63) is 97.4 Å². The van der Waals surface area contributed by atoms with Crippen LogP contribution in [0.3, 0.4) is 0 Å². The van der Waals surface area contributed by atoms with E-state index in [-0.39, 0.29) is 5.57 Å². The zero-order chi connectivity index (χ0) is 23.1. The zero-order valence-corrected chi connectivity index (χ0v) is 20.3. The molecule has 0 atom stereocenters. The van der Waals surface area contributed by atoms with E-state index in [0.717, 1.165) is 15.6 Å². The Hall–Kier alpha value is -2.78. The highest BCUT2D eigenvalue weighted by Crippen LogP contribution is 2.28. The molecular weight excluding hydrogens is 511 g/mol. The van der Waals surface area contributed by atoms with Crippen molar-refractivity contribution in [1.29, 1.82) is 5.26 Å². The molecule has 1 N–H and O–H groups in total. The molecule has 0 saturated carbocycles. The number of carbonyl (C=O) groups excluding carboxylic acids is 1. The summed E-state index contributed by atoms with van der Waals surface area (Å²) in [6.45, 7) is 2.41. The number of nitriles is 1. The van der Waals surface area contributed by atoms with Gasteiger partial charge in [0.25, 0.3) is 5.91 Å². The van der Waals surface area contributed by atoms with Gasteiger partial charge in [0.2, 0.25) is 0 Å². The molecule has 3 aromatic rings. The maximum atomic E-state index is 12.6. The molecule has 4 nitrogen and oxygen atoms in total. The van der Waals surface area contributed by atoms with Crippen LogP contribution in [0.5, 0.6) is 5.75 Å². The minimum absolute atomic E-state index is 0.0444. The lowest BCUT2D eigenvalue weighted by atomic mass is 10.0. The lowest BCUT2D eigenvalue weighted by Crippen LogP contribution is -2.13. The van der Waals surface area contributed by atoms with Crippen molar-refractivity contribution in [2.24, 2.45) is 0 Å². The minimum Gasteiger partial charge on any atom is -0.494 e. The van der Waals surface area contributed by atoms with E-state index in [1.54, 1.807) is 12.1 Å². The van der Waals surface area contributed by atoms with Crippen LogP contribution in [0.15, 0.2) is 70.7 Å². The Morgan fingerprint density at radius 3 is 2.56 bits per heavy atom. The Balaban J connectivity index is 1.85. The Kier molecular flexibility index (Phi) is 8.35. The summed E-state index contributed by atoms with van der Waals surface area (Å²) in [5.41, 5.74) is 3.23. The smallest absolute Gasteiger partial charge is 0.266 e. The van der Waals surface area contributed by atoms with Crippen molar-refractivity contribution in [3.8, 4) is 11.8 Å². The number of carbonyl (C=O) groups is 1. The van der Waals surface area contributed by atoms with Crippen LogP contribution in [-0.2, 0) is 11.2 Å². The number of hydrogen-bond donors (Lipinski definition) is 1. The molecule has 0 fully saturated rings. The zero-order valence-electron chi connectivity index (χ0n) is 17.2. The fourth-order valence-electron chi connectivity index (χ4n) is 3.03. The van der Waals surface area contributed by atoms with E-state index in [0.29, 0.717) is 40.1 Å². The third kappa shape index (κ3) is 6.14. The summed E-state index contributed by atoms with van der Waals surface area (Å²) >= 11 is 15.5. The first-order valence-corrected chi connectivity index (χ1v) is 11.3. The minimum atomic E-state index is -0.541. The first kappa shape index (κ1) is 23.9. The largest absolute Gasteiger partial charge is 0.494 e. The molecule has 0 unspecified atom stereocenters. The number of nitrogens with zero attached hydrogens (tertiary/aromatic N) is 1. The monoisotopic (exact) mass is 528 g/mol. The summed E-state index contributed by atoms with van der Waals surface area (Å²) in [5.74, 6) is 0.167. The lowest BCUT2D eigenvalue weighted by molar-refractivity contribution is -0.112. The summed E-state index contributed by atoms with van der Waals surface area (Å²) in [6.07, 6.45) is 2.21. The number of amides is 1. The molecule has 0 aromatic heterocycles. The van der Waals surface area contributed by atoms with Crippen LogP contribution >= 0.6 is 39.1 Å². The van der Waals surface area contributed by atoms with E-state index in [4.69, 9.17) is 27.9 Å². The molecule has 0 saturated heterocycles. The van der Waals surface area contributed by atoms with Crippen molar-refractivity contribution in [1.82, 2.24) is 0 Å². The normalized spacial score (nSPS) is 11.0. The van der Waals surface area contributed by atoms with Crippen molar-refractivity contribution < 1.29 is 9.53 Å². The number of rotatable bonds is 7. The predicted octanol–water partition coefficient (Wildman–Crippen LogP) is 7.29. The first-order valence-electron chi connectivity index (χ1n) is 9.78. The molecule has 3 rings (SSSR count). The topological polar surface area (TPSA) is 62.1 Å². The van der Waals surface area contributed by atoms with E-state index in [1.165, 1.54) is 12.1 Å². The average molecular weight is 530 g/mol. The van der Waals surface area contributed by atoms with E-state index >= 15 is 0 Å². The van der Waals surface area contributed by atoms with Crippen molar-refractivity contribution in [3.63, 3.8) is 0 Å². The van der Waals surface area contributed by atoms with Gasteiger partial charge in [-0.3, -0.25) is 4.79 Å². The van der Waals surface area contributed by atoms with Gasteiger partial charge in [-0.2, -0.15) is 5.26 Å². The number of ether oxygens (including phenoxy) is 1. The molecule has 1 amide bonds. The predicted molar refractivity (Wildman–Crippen MR) is 133 cm³/mol. The van der Waals surface area contributed by atoms with Gasteiger partial charge in [0, 0.05) is 16.6 Å². The fourth-order valence-corrected chi connectivity index (χ4v) is 3.75. The quantitative estimate of drug-likeness (QED) is 0.258. The molecule has 0 heterocycles. The second-order valence-corrected chi connectivity index (χ2v) is 8.49. The molecule has 0 aliphatic rings. The Labute approximate surface area is 205 Å². The molecule has 0 bridgehead atoms. The molecule has 7 heteroatoms. The molecule has 0 spiro atoms. The van der Waals surface area contributed by atoms with Gasteiger partial charge in [-0.25, -0.2) is 0 Å². The van der Waals surface area contributed by atoms with Gasteiger partial charge in [0.15, 0.2) is 0 Å². The van der Waals surface area contributed by atoms with Crippen LogP contribution in [0.4, 0.5) is 5.69 Å². The number of nitrogens with one attached hydrogen (secondary N) is 1. The van der Waals surface area contributed by atoms with E-state index < -0.39 is 5.91 Å². The number of hydrogen-bond acceptors (Lipinski definition) is 3. The van der Waals surface area contributed by atoms with Gasteiger partial charge in [0.1, 0.15) is 17.4 Å². The summed E-state index contributed by atoms with van der Waals surface area (Å²) in [5, 5.41) is 12.9. The van der Waals surface area contributed by atoms with Crippen LogP contribution in [0, 0.1) is 11.3 Å². The van der Waals surface area contributed by atoms with Crippen LogP contribution in [0.25, 0.3) is 6.08 Å². The second-order valence-electron chi connectivity index (χ2n) is 6.82. The highest BCUT2D eigenvalue weighted by Gasteiger charge is 2.12. The van der Waals surface area contributed by atoms with Crippen LogP contribution in [-0.4, -0.2) is 12.5 Å². The van der Waals surface area contributed by atoms with Gasteiger partial charge in [0.05, 0.1) is 16.7 Å². The van der Waals surface area contributed by atoms with Gasteiger partial charge < -0.3 is 10.1 Å². The molecule has 3 aromatic carbocycles. The van der Waals surface area contributed by atoms with Gasteiger partial charge in [-0.1, -0.05) is 69.5 Å². The first-order chi connectivity index (χ1) is 15.4. The molecule has 0 radical (unpaired) electrons. The summed E-state index contributed by atoms with van der Waals surface area (Å²) in [4.78, 5) is 12.6. The van der Waals surface area contributed by atoms with E-state index in [9.17, 15) is 10.1 Å².